The zero-order valence-electron chi connectivity index (χ0n) is 22.5. The van der Waals surface area contributed by atoms with Crippen LogP contribution >= 0.6 is 0 Å². The standard InChI is InChI=1S/C29H22F7N5O2/c1-15(2)43-27(42)25(41-12-11-22-24(14-41)38-26(37-22)18-5-3-4-6-20(18)30)23-10-9-21(39-40-23)17-8-7-16(28(31,32)33)13-19(17)29(34,35)36/h3-13,15,25H,14H2,1-2H3,(H,37,38). The fourth-order valence-electron chi connectivity index (χ4n) is 4.57. The predicted octanol–water partition coefficient (Wildman–Crippen LogP) is 7.19. The number of carbonyl (C=O) groups excluding carboxylic acids is 1. The molecule has 0 saturated carbocycles. The van der Waals surface area contributed by atoms with Crippen molar-refractivity contribution in [3.05, 3.63) is 94.8 Å². The molecule has 1 aliphatic rings. The van der Waals surface area contributed by atoms with Gasteiger partial charge in [0.15, 0.2) is 6.04 Å². The first-order chi connectivity index (χ1) is 20.2. The lowest BCUT2D eigenvalue weighted by Crippen LogP contribution is -2.34. The van der Waals surface area contributed by atoms with E-state index in [1.807, 2.05) is 0 Å². The van der Waals surface area contributed by atoms with Crippen molar-refractivity contribution in [3.63, 3.8) is 0 Å². The highest BCUT2D eigenvalue weighted by atomic mass is 19.4. The van der Waals surface area contributed by atoms with Crippen LogP contribution in [-0.2, 0) is 28.4 Å². The van der Waals surface area contributed by atoms with E-state index < -0.39 is 53.0 Å². The van der Waals surface area contributed by atoms with Crippen LogP contribution in [-0.4, -0.2) is 37.1 Å². The maximum Gasteiger partial charge on any atom is 0.417 e. The number of H-pyrrole nitrogens is 1. The molecule has 7 nitrogen and oxygen atoms in total. The van der Waals surface area contributed by atoms with Crippen LogP contribution in [0.4, 0.5) is 30.7 Å². The maximum atomic E-state index is 14.3. The molecule has 5 rings (SSSR count). The van der Waals surface area contributed by atoms with Gasteiger partial charge in [0, 0.05) is 11.8 Å². The highest BCUT2D eigenvalue weighted by Gasteiger charge is 2.39. The molecule has 4 aromatic rings. The van der Waals surface area contributed by atoms with E-state index in [4.69, 9.17) is 4.74 Å². The third kappa shape index (κ3) is 6.22. The number of imidazole rings is 1. The number of aromatic nitrogens is 4. The third-order valence-corrected chi connectivity index (χ3v) is 6.51. The van der Waals surface area contributed by atoms with E-state index in [0.29, 0.717) is 23.5 Å². The molecule has 1 aliphatic heterocycles. The normalized spacial score (nSPS) is 14.1. The van der Waals surface area contributed by atoms with Crippen LogP contribution in [0.1, 0.15) is 48.1 Å². The molecule has 0 bridgehead atoms. The molecule has 0 radical (unpaired) electrons. The molecule has 0 amide bonds. The number of rotatable bonds is 6. The van der Waals surface area contributed by atoms with Gasteiger partial charge in [0.2, 0.25) is 0 Å². The first kappa shape index (κ1) is 29.7. The van der Waals surface area contributed by atoms with Crippen molar-refractivity contribution in [2.24, 2.45) is 0 Å². The lowest BCUT2D eigenvalue weighted by molar-refractivity contribution is -0.153. The van der Waals surface area contributed by atoms with Gasteiger partial charge in [-0.2, -0.15) is 36.5 Å². The second-order valence-electron chi connectivity index (χ2n) is 9.90. The van der Waals surface area contributed by atoms with Gasteiger partial charge in [0.1, 0.15) is 11.6 Å². The van der Waals surface area contributed by atoms with Gasteiger partial charge in [-0.05, 0) is 56.3 Å². The number of nitrogens with zero attached hydrogens (tertiary/aromatic N) is 4. The number of hydrogen-bond acceptors (Lipinski definition) is 6. The molecule has 0 fully saturated rings. The molecule has 3 heterocycles. The van der Waals surface area contributed by atoms with E-state index in [1.54, 1.807) is 44.3 Å². The number of nitrogens with one attached hydrogen (secondary N) is 1. The third-order valence-electron chi connectivity index (χ3n) is 6.51. The minimum absolute atomic E-state index is 0.00725. The molecule has 1 unspecified atom stereocenters. The smallest absolute Gasteiger partial charge is 0.417 e. The average Bonchev–Trinajstić information content (AvgIpc) is 3.35. The van der Waals surface area contributed by atoms with Crippen LogP contribution < -0.4 is 0 Å². The van der Waals surface area contributed by atoms with E-state index in [1.165, 1.54) is 17.0 Å². The Hall–Kier alpha value is -4.75. The number of hydrogen-bond donors (Lipinski definition) is 1. The van der Waals surface area contributed by atoms with Crippen LogP contribution in [0.15, 0.2) is 60.8 Å². The summed E-state index contributed by atoms with van der Waals surface area (Å²) in [6, 6.07) is 8.46. The highest BCUT2D eigenvalue weighted by molar-refractivity contribution is 5.78. The molecule has 1 N–H and O–H groups in total. The van der Waals surface area contributed by atoms with Crippen molar-refractivity contribution >= 4 is 12.0 Å². The first-order valence-corrected chi connectivity index (χ1v) is 12.8. The van der Waals surface area contributed by atoms with Crippen LogP contribution in [0.25, 0.3) is 28.7 Å². The summed E-state index contributed by atoms with van der Waals surface area (Å²) in [6.45, 7) is 3.31. The van der Waals surface area contributed by atoms with E-state index in [9.17, 15) is 35.5 Å². The fourth-order valence-corrected chi connectivity index (χ4v) is 4.57. The maximum absolute atomic E-state index is 14.3. The number of esters is 1. The van der Waals surface area contributed by atoms with Crippen molar-refractivity contribution in [1.82, 2.24) is 25.1 Å². The van der Waals surface area contributed by atoms with Crippen molar-refractivity contribution in [2.45, 2.75) is 44.9 Å². The summed E-state index contributed by atoms with van der Waals surface area (Å²) in [5, 5.41) is 7.82. The number of benzene rings is 2. The largest absolute Gasteiger partial charge is 0.461 e. The summed E-state index contributed by atoms with van der Waals surface area (Å²) in [5.41, 5.74) is -2.64. The molecule has 2 aromatic carbocycles. The van der Waals surface area contributed by atoms with Crippen LogP contribution in [0.5, 0.6) is 0 Å². The van der Waals surface area contributed by atoms with E-state index >= 15 is 0 Å². The molecule has 0 aliphatic carbocycles. The van der Waals surface area contributed by atoms with Crippen molar-refractivity contribution in [1.29, 1.82) is 0 Å². The number of aromatic amines is 1. The molecular weight excluding hydrogens is 583 g/mol. The molecule has 2 aromatic heterocycles. The Morgan fingerprint density at radius 2 is 1.70 bits per heavy atom. The topological polar surface area (TPSA) is 84.0 Å². The molecule has 224 valence electrons. The molecule has 0 saturated heterocycles. The average molecular weight is 606 g/mol. The zero-order chi connectivity index (χ0) is 31.1. The Morgan fingerprint density at radius 3 is 2.33 bits per heavy atom. The van der Waals surface area contributed by atoms with Crippen molar-refractivity contribution < 1.29 is 40.3 Å². The number of carbonyl (C=O) groups is 1. The van der Waals surface area contributed by atoms with Gasteiger partial charge in [0.25, 0.3) is 0 Å². The van der Waals surface area contributed by atoms with Gasteiger partial charge in [-0.1, -0.05) is 18.2 Å². The zero-order valence-corrected chi connectivity index (χ0v) is 22.5. The van der Waals surface area contributed by atoms with Gasteiger partial charge in [-0.15, -0.1) is 0 Å². The Balaban J connectivity index is 1.48. The summed E-state index contributed by atoms with van der Waals surface area (Å²) in [6.07, 6.45) is -7.44. The van der Waals surface area contributed by atoms with Gasteiger partial charge in [-0.3, -0.25) is 0 Å². The summed E-state index contributed by atoms with van der Waals surface area (Å²) < 4.78 is 100. The number of fused-ring (bicyclic) bond motifs is 1. The van der Waals surface area contributed by atoms with E-state index in [2.05, 4.69) is 20.2 Å². The van der Waals surface area contributed by atoms with E-state index in [-0.39, 0.29) is 35.4 Å². The molecular formula is C29H22F7N5O2. The summed E-state index contributed by atoms with van der Waals surface area (Å²) in [5.74, 6) is -0.942. The minimum Gasteiger partial charge on any atom is -0.461 e. The first-order valence-electron chi connectivity index (χ1n) is 12.8. The van der Waals surface area contributed by atoms with Gasteiger partial charge in [0.05, 0.1) is 52.1 Å². The molecule has 1 atom stereocenters. The Morgan fingerprint density at radius 1 is 0.953 bits per heavy atom. The summed E-state index contributed by atoms with van der Waals surface area (Å²) >= 11 is 0. The second-order valence-corrected chi connectivity index (χ2v) is 9.90. The summed E-state index contributed by atoms with van der Waals surface area (Å²) in [7, 11) is 0. The van der Waals surface area contributed by atoms with Crippen LogP contribution in [0, 0.1) is 5.82 Å². The summed E-state index contributed by atoms with van der Waals surface area (Å²) in [4.78, 5) is 22.3. The van der Waals surface area contributed by atoms with Crippen LogP contribution in [0.2, 0.25) is 0 Å². The lowest BCUT2D eigenvalue weighted by Gasteiger charge is -2.30. The minimum atomic E-state index is -5.11. The SMILES string of the molecule is CC(C)OC(=O)C(c1ccc(-c2ccc(C(F)(F)F)cc2C(F)(F)F)nn1)N1C=Cc2[nH]c(-c3ccccc3F)nc2C1. The number of halogens is 7. The van der Waals surface area contributed by atoms with Crippen LogP contribution in [0.3, 0.4) is 0 Å². The predicted molar refractivity (Wildman–Crippen MR) is 140 cm³/mol. The molecule has 14 heteroatoms. The molecule has 0 spiro atoms. The Bertz CT molecular complexity index is 1680. The fraction of sp³-hybridized carbons (Fsp3) is 0.241. The quantitative estimate of drug-likeness (QED) is 0.185. The van der Waals surface area contributed by atoms with E-state index in [0.717, 1.165) is 6.07 Å². The Kier molecular flexibility index (Phi) is 7.71. The Labute approximate surface area is 240 Å². The number of alkyl halides is 6. The van der Waals surface area contributed by atoms with Gasteiger partial charge in [-0.25, -0.2) is 14.2 Å². The van der Waals surface area contributed by atoms with Crippen molar-refractivity contribution in [2.75, 3.05) is 0 Å². The number of ether oxygens (including phenoxy) is 1. The van der Waals surface area contributed by atoms with Gasteiger partial charge >= 0.3 is 18.3 Å². The van der Waals surface area contributed by atoms with Gasteiger partial charge < -0.3 is 14.6 Å². The van der Waals surface area contributed by atoms with Crippen molar-refractivity contribution in [3.8, 4) is 22.6 Å². The lowest BCUT2D eigenvalue weighted by atomic mass is 10.00. The second kappa shape index (κ2) is 11.2. The highest BCUT2D eigenvalue weighted by Crippen LogP contribution is 2.40. The molecule has 43 heavy (non-hydrogen) atoms. The monoisotopic (exact) mass is 605 g/mol.